The molecule has 147 heavy (non-hydrogen) atoms. The van der Waals surface area contributed by atoms with Gasteiger partial charge < -0.3 is 212 Å². The number of carbonyl (C=O) groups is 4. The third kappa shape index (κ3) is 97.8. The molecule has 0 spiro atoms. The Balaban J connectivity index is -0.00000222. The molecular weight excluding hydrogens is 1890 g/mol. The van der Waals surface area contributed by atoms with Crippen molar-refractivity contribution in [3.05, 3.63) is 0 Å². The first-order chi connectivity index (χ1) is 71.2. The van der Waals surface area contributed by atoms with E-state index in [-0.39, 0.29) is 59.6 Å². The predicted molar refractivity (Wildman–Crippen MR) is 620 cm³/mol. The van der Waals surface area contributed by atoms with E-state index >= 15 is 0 Å². The first kappa shape index (κ1) is 145. The summed E-state index contributed by atoms with van der Waals surface area (Å²) in [6.07, 6.45) is 18.8. The molecule has 0 aromatic heterocycles. The fraction of sp³-hybridized carbons (Fsp3) is 0.906. The van der Waals surface area contributed by atoms with E-state index in [1.807, 2.05) is 14.1 Å². The zero-order chi connectivity index (χ0) is 109. The number of hydrogen-bond acceptors (Lipinski definition) is 39. The van der Waals surface area contributed by atoms with Crippen molar-refractivity contribution in [2.45, 2.75) is 159 Å². The van der Waals surface area contributed by atoms with E-state index in [1.165, 1.54) is 19.3 Å². The van der Waals surface area contributed by atoms with E-state index in [0.29, 0.717) is 176 Å². The molecule has 4 unspecified atom stereocenters. The van der Waals surface area contributed by atoms with Gasteiger partial charge >= 0.3 is 0 Å². The van der Waals surface area contributed by atoms with Crippen LogP contribution in [-0.2, 0) is 19.2 Å². The summed E-state index contributed by atoms with van der Waals surface area (Å²) in [5, 5.41) is 53.6. The van der Waals surface area contributed by atoms with Crippen LogP contribution in [0.3, 0.4) is 0 Å². The average Bonchev–Trinajstić information content (AvgIpc) is 0.961. The van der Waals surface area contributed by atoms with Gasteiger partial charge in [-0.05, 0) is 195 Å². The van der Waals surface area contributed by atoms with Gasteiger partial charge in [-0.3, -0.25) is 53.8 Å². The molecule has 0 aliphatic heterocycles. The number of nitrogens with two attached hydrogens (primary N) is 18. The monoisotopic (exact) mass is 2120 g/mol. The Morgan fingerprint density at radius 2 is 0.490 bits per heavy atom. The second kappa shape index (κ2) is 110. The summed E-state index contributed by atoms with van der Waals surface area (Å²) in [7, 11) is 7.55. The minimum absolute atomic E-state index is 0.0236. The third-order valence-corrected chi connectivity index (χ3v) is 25.0. The zero-order valence-corrected chi connectivity index (χ0v) is 93.4. The smallest absolute Gasteiger partial charge is 0.237 e. The molecule has 51 N–H and O–H groups in total. The molecule has 0 aromatic carbocycles. The summed E-state index contributed by atoms with van der Waals surface area (Å²) in [5.41, 5.74) is 102. The Morgan fingerprint density at radius 1 is 0.252 bits per heavy atom. The van der Waals surface area contributed by atoms with E-state index in [4.69, 9.17) is 109 Å². The van der Waals surface area contributed by atoms with Crippen molar-refractivity contribution in [2.24, 2.45) is 123 Å². The lowest BCUT2D eigenvalue weighted by atomic mass is 10.1. The summed E-state index contributed by atoms with van der Waals surface area (Å²) in [4.78, 5) is 88.2. The molecule has 0 aliphatic rings. The number of guanidine groups is 4. The molecule has 4 atom stereocenters. The van der Waals surface area contributed by atoms with E-state index in [2.05, 4.69) is 151 Å². The lowest BCUT2D eigenvalue weighted by Gasteiger charge is -2.28. The standard InChI is InChI=1S/C40H90N18O2S.C35H82N18O2.C21H54N10/c1-48-20-27-58(29-21-50-15-6-10-34(42)11-9-33-61)32-31-57(28-22-51-18-19-52-38(60)36(49-2)13-8-17-55-40(46)47)25-5-3-4-24-56(26-14-41)30-23-53-37(59)35(43)12-7-16-54-39(44)45;1-43-17-24-53(26-18-45-14-10-36)29-28-52(25-19-46-15-16-47-33(55)31(44-2)9-7-13-50-35(41)42)22-5-3-4-21-51(23-11-37)27-20-48-32(54)30(38)8-6-12-49-34(39)40;22-4-9-27-11-18-30(14-3-1-2-13-29(15-6-24)16-7-25)20-21-31(17-8-26)19-12-28-10-5-23/h35-36,42,48-51,61H,3-33,41,43H2,1-2H3,(H,52,60)(H,53,59)(H4,44,45,54)(H4,46,47,55);30-31,43-46H,3-29,36-38H2,1-2H3,(H,47,55)(H,48,54)(H4,39,40,49)(H4,41,42,50);27-28H,1-26H2. The summed E-state index contributed by atoms with van der Waals surface area (Å²) >= 11 is 4.26. The van der Waals surface area contributed by atoms with Gasteiger partial charge in [-0.1, -0.05) is 19.3 Å². The average molecular weight is 2120 g/mol. The number of nitrogens with zero attached hydrogens (tertiary/aromatic N) is 13. The highest BCUT2D eigenvalue weighted by Crippen LogP contribution is 2.10. The number of likely N-dealkylation sites (N-methyl/N-ethyl adjacent to an activating group) is 4. The van der Waals surface area contributed by atoms with E-state index in [9.17, 15) is 19.2 Å². The van der Waals surface area contributed by atoms with Crippen LogP contribution in [0.1, 0.15) is 135 Å². The number of hydrogen-bond donors (Lipinski definition) is 34. The van der Waals surface area contributed by atoms with Crippen LogP contribution in [0.2, 0.25) is 0 Å². The molecule has 0 aliphatic carbocycles. The van der Waals surface area contributed by atoms with Crippen LogP contribution in [-0.4, -0.2) is 528 Å². The second-order valence-electron chi connectivity index (χ2n) is 37.2. The Morgan fingerprint density at radius 3 is 0.762 bits per heavy atom. The second-order valence-corrected chi connectivity index (χ2v) is 37.6. The Kier molecular flexibility index (Phi) is 108. The maximum atomic E-state index is 12.7. The summed E-state index contributed by atoms with van der Waals surface area (Å²) in [6.45, 7) is 47.0. The van der Waals surface area contributed by atoms with Crippen molar-refractivity contribution in [1.82, 2.24) is 119 Å². The van der Waals surface area contributed by atoms with Crippen LogP contribution < -0.4 is 178 Å². The maximum absolute atomic E-state index is 12.7. The number of amides is 4. The van der Waals surface area contributed by atoms with Crippen molar-refractivity contribution < 1.29 is 19.2 Å². The Bertz CT molecular complexity index is 3050. The molecule has 0 saturated heterocycles. The Hall–Kier alpha value is -6.18. The molecular formula is C96H226N46O4S. The van der Waals surface area contributed by atoms with Crippen LogP contribution >= 0.6 is 12.6 Å². The van der Waals surface area contributed by atoms with Crippen LogP contribution in [0, 0.1) is 5.41 Å². The predicted octanol–water partition coefficient (Wildman–Crippen LogP) is -11.1. The quantitative estimate of drug-likeness (QED) is 0.0116. The number of aliphatic imine (C=N–C) groups is 4. The first-order valence-corrected chi connectivity index (χ1v) is 55.9. The third-order valence-electron chi connectivity index (χ3n) is 24.7. The fourth-order valence-electron chi connectivity index (χ4n) is 16.0. The number of rotatable bonds is 108. The van der Waals surface area contributed by atoms with Crippen molar-refractivity contribution in [3.63, 3.8) is 0 Å². The number of thiol groups is 1. The van der Waals surface area contributed by atoms with Gasteiger partial charge in [0.15, 0.2) is 23.8 Å². The summed E-state index contributed by atoms with van der Waals surface area (Å²) in [5.74, 6) is 0.657. The van der Waals surface area contributed by atoms with Crippen LogP contribution in [0.5, 0.6) is 0 Å². The van der Waals surface area contributed by atoms with E-state index in [0.717, 1.165) is 324 Å². The zero-order valence-electron chi connectivity index (χ0n) is 92.5. The van der Waals surface area contributed by atoms with Crippen LogP contribution in [0.4, 0.5) is 0 Å². The van der Waals surface area contributed by atoms with Gasteiger partial charge in [-0.25, -0.2) is 0 Å². The highest BCUT2D eigenvalue weighted by atomic mass is 32.1. The lowest BCUT2D eigenvalue weighted by Crippen LogP contribution is -2.45. The highest BCUT2D eigenvalue weighted by Gasteiger charge is 2.22. The molecule has 0 rings (SSSR count). The van der Waals surface area contributed by atoms with Gasteiger partial charge in [0.25, 0.3) is 0 Å². The number of unbranched alkanes of at least 4 members (excludes halogenated alkanes) is 6. The fourth-order valence-corrected chi connectivity index (χ4v) is 16.2. The van der Waals surface area contributed by atoms with Crippen molar-refractivity contribution in [2.75, 3.05) is 407 Å². The maximum Gasteiger partial charge on any atom is 0.237 e. The van der Waals surface area contributed by atoms with Crippen LogP contribution in [0.15, 0.2) is 20.0 Å². The van der Waals surface area contributed by atoms with Gasteiger partial charge in [0, 0.05) is 333 Å². The van der Waals surface area contributed by atoms with Crippen molar-refractivity contribution >= 4 is 65.8 Å². The summed E-state index contributed by atoms with van der Waals surface area (Å²) < 4.78 is 0. The van der Waals surface area contributed by atoms with Crippen molar-refractivity contribution in [3.8, 4) is 0 Å². The molecule has 0 saturated carbocycles. The number of nitrogens with one attached hydrogen (secondary N) is 15. The molecule has 0 aromatic rings. The summed E-state index contributed by atoms with van der Waals surface area (Å²) in [6, 6.07) is -1.76. The normalized spacial score (nSPS) is 12.4. The molecule has 0 fully saturated rings. The highest BCUT2D eigenvalue weighted by molar-refractivity contribution is 7.80. The molecule has 0 heterocycles. The molecule has 4 amide bonds. The Labute approximate surface area is 893 Å². The first-order valence-electron chi connectivity index (χ1n) is 55.3. The minimum atomic E-state index is -0.594. The molecule has 870 valence electrons. The lowest BCUT2D eigenvalue weighted by molar-refractivity contribution is -0.123. The van der Waals surface area contributed by atoms with Crippen LogP contribution in [0.25, 0.3) is 0 Å². The topological polar surface area (TPSA) is 808 Å². The van der Waals surface area contributed by atoms with E-state index in [1.54, 1.807) is 14.1 Å². The largest absolute Gasteiger partial charge is 0.370 e. The molecule has 0 bridgehead atoms. The molecule has 50 nitrogen and oxygen atoms in total. The van der Waals surface area contributed by atoms with E-state index < -0.39 is 12.1 Å². The van der Waals surface area contributed by atoms with Gasteiger partial charge in [0.2, 0.25) is 23.6 Å². The van der Waals surface area contributed by atoms with Gasteiger partial charge in [0.05, 0.1) is 24.2 Å². The SMILES string of the molecule is CNCCN(CCNCCCC(=N)CCCS)CCN(CCCCCN(CCN)CCNC(=O)C(N)CCCN=C(N)N)CCNCCNC(=O)C(CCCN=C(N)N)NC.CNCCN(CCNCCN)CCN(CCCCCN(CCN)CCNC(=O)C(N)CCCN=C(N)N)CCNCCNC(=O)C(CCCN=C(N)N)NC.NCCNCCN(CCN)CCN(CCCCCN(CCN)CCN)CCNCCN. The minimum Gasteiger partial charge on any atom is -0.370 e. The molecule has 51 heteroatoms. The van der Waals surface area contributed by atoms with Crippen molar-refractivity contribution in [1.29, 1.82) is 5.41 Å². The van der Waals surface area contributed by atoms with Gasteiger partial charge in [0.1, 0.15) is 0 Å². The molecule has 0 radical (unpaired) electrons. The number of carbonyl (C=O) groups excluding carboxylic acids is 4. The van der Waals surface area contributed by atoms with Gasteiger partial charge in [-0.15, -0.1) is 0 Å². The van der Waals surface area contributed by atoms with Gasteiger partial charge in [-0.2, -0.15) is 12.6 Å².